The molecule has 2 aliphatic heterocycles. The Balaban J connectivity index is 1.43. The van der Waals surface area contributed by atoms with E-state index >= 15 is 0 Å². The highest BCUT2D eigenvalue weighted by molar-refractivity contribution is 7.12. The van der Waals surface area contributed by atoms with Crippen molar-refractivity contribution in [3.8, 4) is 0 Å². The summed E-state index contributed by atoms with van der Waals surface area (Å²) < 4.78 is 0. The molecule has 2 fully saturated rings. The fourth-order valence-electron chi connectivity index (χ4n) is 3.61. The summed E-state index contributed by atoms with van der Waals surface area (Å²) in [5.41, 5.74) is 1.01. The molecule has 0 unspecified atom stereocenters. The van der Waals surface area contributed by atoms with Gasteiger partial charge < -0.3 is 15.5 Å². The largest absolute Gasteiger partial charge is 0.347 e. The first-order valence-corrected chi connectivity index (χ1v) is 9.49. The molecule has 3 heterocycles. The van der Waals surface area contributed by atoms with Crippen LogP contribution in [0.25, 0.3) is 0 Å². The molecule has 2 N–H and O–H groups in total. The summed E-state index contributed by atoms with van der Waals surface area (Å²) in [4.78, 5) is 39.8. The van der Waals surface area contributed by atoms with Gasteiger partial charge in [0.1, 0.15) is 12.1 Å². The topological polar surface area (TPSA) is 78.5 Å². The highest BCUT2D eigenvalue weighted by Crippen LogP contribution is 2.24. The summed E-state index contributed by atoms with van der Waals surface area (Å²) in [6.07, 6.45) is 0.924. The third-order valence-electron chi connectivity index (χ3n) is 4.86. The van der Waals surface area contributed by atoms with Gasteiger partial charge in [-0.25, -0.2) is 0 Å². The smallest absolute Gasteiger partial charge is 0.261 e. The molecular weight excluding hydrogens is 350 g/mol. The van der Waals surface area contributed by atoms with Gasteiger partial charge >= 0.3 is 0 Å². The molecule has 2 aromatic rings. The Labute approximate surface area is 155 Å². The zero-order valence-electron chi connectivity index (χ0n) is 14.1. The summed E-state index contributed by atoms with van der Waals surface area (Å²) >= 11 is 1.37. The number of amides is 3. The summed E-state index contributed by atoms with van der Waals surface area (Å²) in [6.45, 7) is 0.374. The van der Waals surface area contributed by atoms with Crippen molar-refractivity contribution in [3.05, 3.63) is 58.3 Å². The summed E-state index contributed by atoms with van der Waals surface area (Å²) in [7, 11) is 0. The number of hydrogen-bond acceptors (Lipinski definition) is 4. The number of nitrogens with zero attached hydrogens (tertiary/aromatic N) is 1. The van der Waals surface area contributed by atoms with Gasteiger partial charge in [-0.15, -0.1) is 11.3 Å². The van der Waals surface area contributed by atoms with Crippen molar-refractivity contribution in [3.63, 3.8) is 0 Å². The Morgan fingerprint density at radius 1 is 1.19 bits per heavy atom. The molecule has 2 saturated heterocycles. The van der Waals surface area contributed by atoms with Gasteiger partial charge in [0.05, 0.1) is 4.88 Å². The van der Waals surface area contributed by atoms with Gasteiger partial charge in [0.25, 0.3) is 5.91 Å². The van der Waals surface area contributed by atoms with Crippen LogP contribution in [0.4, 0.5) is 0 Å². The Morgan fingerprint density at radius 2 is 2.00 bits per heavy atom. The van der Waals surface area contributed by atoms with Crippen molar-refractivity contribution in [2.24, 2.45) is 0 Å². The number of thiophene rings is 1. The zero-order valence-corrected chi connectivity index (χ0v) is 14.9. The SMILES string of the molecule is O=C(N[C@H]1C[C@H]2C(=O)N[C@H](Cc3ccccc3)C(=O)N2C1)c1cccs1. The van der Waals surface area contributed by atoms with Gasteiger partial charge in [0, 0.05) is 19.0 Å². The van der Waals surface area contributed by atoms with E-state index in [0.717, 1.165) is 5.56 Å². The minimum Gasteiger partial charge on any atom is -0.347 e. The maximum absolute atomic E-state index is 12.8. The molecule has 2 aliphatic rings. The first-order valence-electron chi connectivity index (χ1n) is 8.61. The minimum atomic E-state index is -0.548. The van der Waals surface area contributed by atoms with Gasteiger partial charge in [0.15, 0.2) is 0 Å². The first kappa shape index (κ1) is 16.8. The van der Waals surface area contributed by atoms with Crippen molar-refractivity contribution in [1.29, 1.82) is 0 Å². The van der Waals surface area contributed by atoms with E-state index in [1.807, 2.05) is 41.8 Å². The maximum Gasteiger partial charge on any atom is 0.261 e. The average Bonchev–Trinajstić information content (AvgIpc) is 3.30. The fraction of sp³-hybridized carbons (Fsp3) is 0.316. The molecule has 7 heteroatoms. The number of carbonyl (C=O) groups is 3. The van der Waals surface area contributed by atoms with Crippen LogP contribution >= 0.6 is 11.3 Å². The zero-order chi connectivity index (χ0) is 18.1. The highest BCUT2D eigenvalue weighted by atomic mass is 32.1. The number of rotatable bonds is 4. The van der Waals surface area contributed by atoms with Gasteiger partial charge in [-0.3, -0.25) is 14.4 Å². The third kappa shape index (κ3) is 3.22. The second kappa shape index (κ2) is 6.92. The van der Waals surface area contributed by atoms with Crippen LogP contribution in [0.3, 0.4) is 0 Å². The van der Waals surface area contributed by atoms with Crippen LogP contribution < -0.4 is 10.6 Å². The molecule has 1 aromatic carbocycles. The number of piperazine rings is 1. The highest BCUT2D eigenvalue weighted by Gasteiger charge is 2.46. The molecule has 4 rings (SSSR count). The van der Waals surface area contributed by atoms with Crippen LogP contribution in [-0.2, 0) is 16.0 Å². The van der Waals surface area contributed by atoms with E-state index in [9.17, 15) is 14.4 Å². The van der Waals surface area contributed by atoms with Crippen LogP contribution in [0, 0.1) is 0 Å². The molecule has 26 heavy (non-hydrogen) atoms. The predicted octanol–water partition coefficient (Wildman–Crippen LogP) is 1.19. The van der Waals surface area contributed by atoms with Crippen molar-refractivity contribution < 1.29 is 14.4 Å². The molecule has 134 valence electrons. The van der Waals surface area contributed by atoms with Crippen LogP contribution in [0.5, 0.6) is 0 Å². The van der Waals surface area contributed by atoms with E-state index in [1.54, 1.807) is 11.0 Å². The van der Waals surface area contributed by atoms with Crippen LogP contribution in [-0.4, -0.2) is 47.3 Å². The second-order valence-electron chi connectivity index (χ2n) is 6.64. The average molecular weight is 369 g/mol. The second-order valence-corrected chi connectivity index (χ2v) is 7.59. The molecule has 6 nitrogen and oxygen atoms in total. The first-order chi connectivity index (χ1) is 12.6. The fourth-order valence-corrected chi connectivity index (χ4v) is 4.24. The van der Waals surface area contributed by atoms with Gasteiger partial charge in [-0.2, -0.15) is 0 Å². The summed E-state index contributed by atoms with van der Waals surface area (Å²) in [5, 5.41) is 7.63. The molecule has 0 aliphatic carbocycles. The van der Waals surface area contributed by atoms with E-state index in [1.165, 1.54) is 11.3 Å². The number of nitrogens with one attached hydrogen (secondary N) is 2. The molecule has 3 amide bonds. The van der Waals surface area contributed by atoms with Crippen LogP contribution in [0.15, 0.2) is 47.8 Å². The molecule has 1 aromatic heterocycles. The Morgan fingerprint density at radius 3 is 2.73 bits per heavy atom. The maximum atomic E-state index is 12.8. The molecular formula is C19H19N3O3S. The van der Waals surface area contributed by atoms with E-state index in [2.05, 4.69) is 10.6 Å². The molecule has 0 spiro atoms. The van der Waals surface area contributed by atoms with Crippen molar-refractivity contribution >= 4 is 29.1 Å². The molecule has 3 atom stereocenters. The summed E-state index contributed by atoms with van der Waals surface area (Å²) in [5.74, 6) is -0.372. The minimum absolute atomic E-state index is 0.0775. The van der Waals surface area contributed by atoms with E-state index in [0.29, 0.717) is 24.3 Å². The number of hydrogen-bond donors (Lipinski definition) is 2. The van der Waals surface area contributed by atoms with Crippen molar-refractivity contribution in [2.75, 3.05) is 6.54 Å². The lowest BCUT2D eigenvalue weighted by Gasteiger charge is -2.34. The standard InChI is InChI=1S/C19H19N3O3S/c23-17-15-10-13(20-18(24)16-7-4-8-26-16)11-22(15)19(25)14(21-17)9-12-5-2-1-3-6-12/h1-8,13-15H,9-11H2,(H,20,24)(H,21,23)/t13-,14+,15-/m0/s1. The number of benzene rings is 1. The van der Waals surface area contributed by atoms with Gasteiger partial charge in [-0.05, 0) is 23.4 Å². The predicted molar refractivity (Wildman–Crippen MR) is 97.8 cm³/mol. The van der Waals surface area contributed by atoms with E-state index in [-0.39, 0.29) is 23.8 Å². The number of fused-ring (bicyclic) bond motifs is 1. The lowest BCUT2D eigenvalue weighted by molar-refractivity contribution is -0.147. The van der Waals surface area contributed by atoms with Crippen LogP contribution in [0.2, 0.25) is 0 Å². The Bertz CT molecular complexity index is 822. The number of carbonyl (C=O) groups excluding carboxylic acids is 3. The molecule has 0 saturated carbocycles. The van der Waals surface area contributed by atoms with Gasteiger partial charge in [0.2, 0.25) is 11.8 Å². The third-order valence-corrected chi connectivity index (χ3v) is 5.73. The Kier molecular flexibility index (Phi) is 4.46. The van der Waals surface area contributed by atoms with Crippen molar-refractivity contribution in [2.45, 2.75) is 31.0 Å². The van der Waals surface area contributed by atoms with Gasteiger partial charge in [-0.1, -0.05) is 36.4 Å². The van der Waals surface area contributed by atoms with E-state index in [4.69, 9.17) is 0 Å². The van der Waals surface area contributed by atoms with E-state index < -0.39 is 12.1 Å². The monoisotopic (exact) mass is 369 g/mol. The molecule has 0 bridgehead atoms. The summed E-state index contributed by atoms with van der Waals surface area (Å²) in [6, 6.07) is 12.0. The molecule has 0 radical (unpaired) electrons. The van der Waals surface area contributed by atoms with Crippen molar-refractivity contribution in [1.82, 2.24) is 15.5 Å². The Hall–Kier alpha value is -2.67. The van der Waals surface area contributed by atoms with Crippen LogP contribution in [0.1, 0.15) is 21.7 Å². The quantitative estimate of drug-likeness (QED) is 0.850. The lowest BCUT2D eigenvalue weighted by atomic mass is 10.0. The lowest BCUT2D eigenvalue weighted by Crippen LogP contribution is -2.61. The normalized spacial score (nSPS) is 24.9.